The Kier molecular flexibility index (Phi) is 73.9. The fourth-order valence-corrected chi connectivity index (χ4v) is 0.136. The van der Waals surface area contributed by atoms with Gasteiger partial charge in [0, 0.05) is 0 Å². The molecule has 0 aliphatic rings. The molecule has 0 heterocycles. The van der Waals surface area contributed by atoms with E-state index in [1.165, 1.54) is 0 Å². The van der Waals surface area contributed by atoms with E-state index in [-0.39, 0.29) is 0 Å². The van der Waals surface area contributed by atoms with Gasteiger partial charge in [0.15, 0.2) is 0 Å². The van der Waals surface area contributed by atoms with Crippen LogP contribution in [-0.4, -0.2) is 0 Å². The first kappa shape index (κ1) is 22.9. The third kappa shape index (κ3) is 471. The lowest BCUT2D eigenvalue weighted by Gasteiger charge is -1.79. The van der Waals surface area contributed by atoms with Crippen LogP contribution >= 0.6 is 0 Å². The topological polar surface area (TPSA) is 0 Å². The summed E-state index contributed by atoms with van der Waals surface area (Å²) in [5.74, 6) is 0.833. The molecule has 0 unspecified atom stereocenters. The maximum Gasteiger partial charge on any atom is -0.0467 e. The van der Waals surface area contributed by atoms with E-state index in [1.807, 2.05) is 46.8 Å². The van der Waals surface area contributed by atoms with Crippen molar-refractivity contribution in [2.24, 2.45) is 5.92 Å². The lowest BCUT2D eigenvalue weighted by atomic mass is 10.3. The molecule has 0 amide bonds. The smallest absolute Gasteiger partial charge is 0.0467 e. The van der Waals surface area contributed by atoms with Gasteiger partial charge >= 0.3 is 0 Å². The van der Waals surface area contributed by atoms with Crippen molar-refractivity contribution in [3.05, 3.63) is 24.8 Å². The van der Waals surface area contributed by atoms with Crippen molar-refractivity contribution >= 4 is 0 Å². The monoisotopic (exact) mass is 186 g/mol. The highest BCUT2D eigenvalue weighted by molar-refractivity contribution is 4.94. The average Bonchev–Trinajstić information content (AvgIpc) is 2.12. The molecule has 0 heteroatoms. The van der Waals surface area contributed by atoms with Gasteiger partial charge in [-0.2, -0.15) is 0 Å². The molecule has 0 fully saturated rings. The lowest BCUT2D eigenvalue weighted by molar-refractivity contribution is 0.737. The normalized spacial score (nSPS) is 7.15. The van der Waals surface area contributed by atoms with Crippen LogP contribution in [0.25, 0.3) is 0 Å². The molecule has 0 nitrogen and oxygen atoms in total. The zero-order chi connectivity index (χ0) is 11.7. The van der Waals surface area contributed by atoms with Crippen molar-refractivity contribution in [3.63, 3.8) is 0 Å². The molecule has 0 spiro atoms. The van der Waals surface area contributed by atoms with Crippen LogP contribution in [0.5, 0.6) is 0 Å². The molecule has 0 saturated heterocycles. The Hall–Kier alpha value is -0.520. The first-order valence-electron chi connectivity index (χ1n) is 5.38. The molecular weight excluding hydrogens is 156 g/mol. The summed E-state index contributed by atoms with van der Waals surface area (Å²) >= 11 is 0. The number of allylic oxidation sites excluding steroid dienone is 3. The van der Waals surface area contributed by atoms with E-state index in [1.54, 1.807) is 6.08 Å². The van der Waals surface area contributed by atoms with Gasteiger partial charge in [0.05, 0.1) is 0 Å². The molecule has 0 N–H and O–H groups in total. The predicted octanol–water partition coefficient (Wildman–Crippen LogP) is 5.46. The molecular formula is C13H30. The van der Waals surface area contributed by atoms with Crippen molar-refractivity contribution in [3.8, 4) is 0 Å². The van der Waals surface area contributed by atoms with Crippen molar-refractivity contribution in [1.29, 1.82) is 0 Å². The van der Waals surface area contributed by atoms with Crippen LogP contribution in [0.2, 0.25) is 0 Å². The minimum absolute atomic E-state index is 0.833. The Bertz CT molecular complexity index is 65.4. The van der Waals surface area contributed by atoms with Gasteiger partial charge < -0.3 is 0 Å². The van der Waals surface area contributed by atoms with Crippen LogP contribution in [0.1, 0.15) is 55.4 Å². The second kappa shape index (κ2) is 42.0. The molecule has 0 bridgehead atoms. The first-order valence-corrected chi connectivity index (χ1v) is 5.38. The standard InChI is InChI=1S/C5H8.C4H10.2C2H6/c1-3-5-4-2;1-4(2)3;2*1-2/h3-5H,1H2,2H3;4H,1-3H3;2*1-2H3/b5-4-;;;. The van der Waals surface area contributed by atoms with E-state index in [0.29, 0.717) is 0 Å². The minimum Gasteiger partial charge on any atom is -0.0991 e. The van der Waals surface area contributed by atoms with Gasteiger partial charge in [-0.3, -0.25) is 0 Å². The highest BCUT2D eigenvalue weighted by Crippen LogP contribution is 1.81. The number of rotatable bonds is 1. The SMILES string of the molecule is C=C/C=C\C.CC.CC.CC(C)C. The quantitative estimate of drug-likeness (QED) is 0.477. The van der Waals surface area contributed by atoms with Crippen molar-refractivity contribution in [2.45, 2.75) is 55.4 Å². The fraction of sp³-hybridized carbons (Fsp3) is 0.692. The van der Waals surface area contributed by atoms with Crippen molar-refractivity contribution in [2.75, 3.05) is 0 Å². The van der Waals surface area contributed by atoms with E-state index in [0.717, 1.165) is 5.92 Å². The Balaban J connectivity index is -0.0000000457. The summed E-state index contributed by atoms with van der Waals surface area (Å²) in [6.07, 6.45) is 5.58. The Morgan fingerprint density at radius 2 is 1.15 bits per heavy atom. The molecule has 82 valence electrons. The second-order valence-electron chi connectivity index (χ2n) is 2.49. The minimum atomic E-state index is 0.833. The summed E-state index contributed by atoms with van der Waals surface area (Å²) in [5.41, 5.74) is 0. The molecule has 0 atom stereocenters. The fourth-order valence-electron chi connectivity index (χ4n) is 0.136. The maximum absolute atomic E-state index is 3.46. The van der Waals surface area contributed by atoms with Gasteiger partial charge in [0.25, 0.3) is 0 Å². The average molecular weight is 186 g/mol. The van der Waals surface area contributed by atoms with E-state index >= 15 is 0 Å². The Labute approximate surface area is 86.8 Å². The molecule has 0 aliphatic heterocycles. The predicted molar refractivity (Wildman–Crippen MR) is 68.2 cm³/mol. The maximum atomic E-state index is 3.46. The van der Waals surface area contributed by atoms with E-state index in [4.69, 9.17) is 0 Å². The summed E-state index contributed by atoms with van der Waals surface area (Å²) in [6.45, 7) is 19.9. The van der Waals surface area contributed by atoms with Crippen LogP contribution in [0.4, 0.5) is 0 Å². The molecule has 0 aromatic rings. The Morgan fingerprint density at radius 1 is 0.923 bits per heavy atom. The van der Waals surface area contributed by atoms with Gasteiger partial charge in [-0.05, 0) is 12.8 Å². The van der Waals surface area contributed by atoms with Gasteiger partial charge in [0.2, 0.25) is 0 Å². The van der Waals surface area contributed by atoms with Crippen LogP contribution in [0.15, 0.2) is 24.8 Å². The third-order valence-corrected chi connectivity index (χ3v) is 0.329. The number of hydrogen-bond acceptors (Lipinski definition) is 0. The van der Waals surface area contributed by atoms with E-state index < -0.39 is 0 Å². The molecule has 0 aliphatic carbocycles. The third-order valence-electron chi connectivity index (χ3n) is 0.329. The summed E-state index contributed by atoms with van der Waals surface area (Å²) in [5, 5.41) is 0. The summed E-state index contributed by atoms with van der Waals surface area (Å²) in [6, 6.07) is 0. The largest absolute Gasteiger partial charge is 0.0991 e. The van der Waals surface area contributed by atoms with Gasteiger partial charge in [-0.1, -0.05) is 73.3 Å². The van der Waals surface area contributed by atoms with E-state index in [9.17, 15) is 0 Å². The van der Waals surface area contributed by atoms with E-state index in [2.05, 4.69) is 27.4 Å². The summed E-state index contributed by atoms with van der Waals surface area (Å²) < 4.78 is 0. The highest BCUT2D eigenvalue weighted by atomic mass is 13.7. The van der Waals surface area contributed by atoms with Gasteiger partial charge in [-0.25, -0.2) is 0 Å². The molecule has 0 aromatic carbocycles. The number of hydrogen-bond donors (Lipinski definition) is 0. The molecule has 0 saturated carbocycles. The van der Waals surface area contributed by atoms with Crippen LogP contribution < -0.4 is 0 Å². The first-order chi connectivity index (χ1) is 6.15. The zero-order valence-electron chi connectivity index (χ0n) is 11.0. The zero-order valence-corrected chi connectivity index (χ0v) is 11.0. The summed E-state index contributed by atoms with van der Waals surface area (Å²) in [7, 11) is 0. The lowest BCUT2D eigenvalue weighted by Crippen LogP contribution is -1.66. The second-order valence-corrected chi connectivity index (χ2v) is 2.49. The molecule has 13 heavy (non-hydrogen) atoms. The van der Waals surface area contributed by atoms with Crippen LogP contribution in [0, 0.1) is 5.92 Å². The van der Waals surface area contributed by atoms with Crippen LogP contribution in [-0.2, 0) is 0 Å². The molecule has 0 aromatic heterocycles. The van der Waals surface area contributed by atoms with Gasteiger partial charge in [0.1, 0.15) is 0 Å². The van der Waals surface area contributed by atoms with Crippen molar-refractivity contribution < 1.29 is 0 Å². The molecule has 0 rings (SSSR count). The van der Waals surface area contributed by atoms with Gasteiger partial charge in [-0.15, -0.1) is 0 Å². The molecule has 0 radical (unpaired) electrons. The van der Waals surface area contributed by atoms with Crippen LogP contribution in [0.3, 0.4) is 0 Å². The highest BCUT2D eigenvalue weighted by Gasteiger charge is 1.68. The summed E-state index contributed by atoms with van der Waals surface area (Å²) in [4.78, 5) is 0. The van der Waals surface area contributed by atoms with Crippen molar-refractivity contribution in [1.82, 2.24) is 0 Å². The Morgan fingerprint density at radius 3 is 1.15 bits per heavy atom.